The van der Waals surface area contributed by atoms with Crippen LogP contribution in [0.3, 0.4) is 0 Å². The van der Waals surface area contributed by atoms with Gasteiger partial charge in [-0.1, -0.05) is 12.1 Å². The van der Waals surface area contributed by atoms with E-state index in [0.29, 0.717) is 30.3 Å². The monoisotopic (exact) mass is 300 g/mol. The molecule has 1 aromatic carbocycles. The quantitative estimate of drug-likeness (QED) is 0.866. The largest absolute Gasteiger partial charge is 0.451 e. The minimum atomic E-state index is -0.109. The Morgan fingerprint density at radius 1 is 1.14 bits per heavy atom. The van der Waals surface area contributed by atoms with Crippen LogP contribution in [0.15, 0.2) is 40.8 Å². The number of anilines is 1. The van der Waals surface area contributed by atoms with Gasteiger partial charge in [-0.25, -0.2) is 0 Å². The molecule has 0 spiro atoms. The molecule has 2 heterocycles. The van der Waals surface area contributed by atoms with Crippen LogP contribution in [-0.2, 0) is 4.74 Å². The van der Waals surface area contributed by atoms with Gasteiger partial charge in [0.25, 0.3) is 5.91 Å². The normalized spacial score (nSPS) is 21.8. The Kier molecular flexibility index (Phi) is 3.90. The minimum Gasteiger partial charge on any atom is -0.451 e. The molecule has 1 aliphatic rings. The van der Waals surface area contributed by atoms with E-state index < -0.39 is 0 Å². The van der Waals surface area contributed by atoms with Crippen molar-refractivity contribution in [2.75, 3.05) is 18.8 Å². The highest BCUT2D eigenvalue weighted by atomic mass is 16.5. The second kappa shape index (κ2) is 5.85. The fourth-order valence-electron chi connectivity index (χ4n) is 2.82. The maximum Gasteiger partial charge on any atom is 0.289 e. The lowest BCUT2D eigenvalue weighted by Crippen LogP contribution is -2.48. The molecule has 3 rings (SSSR count). The lowest BCUT2D eigenvalue weighted by atomic mass is 10.1. The Balaban J connectivity index is 1.82. The van der Waals surface area contributed by atoms with Crippen molar-refractivity contribution in [3.8, 4) is 11.3 Å². The number of furan rings is 1. The molecular formula is C17H20N2O3. The van der Waals surface area contributed by atoms with Gasteiger partial charge in [-0.2, -0.15) is 0 Å². The number of hydrogen-bond donors (Lipinski definition) is 1. The summed E-state index contributed by atoms with van der Waals surface area (Å²) in [7, 11) is 0. The summed E-state index contributed by atoms with van der Waals surface area (Å²) in [4.78, 5) is 14.3. The van der Waals surface area contributed by atoms with Crippen molar-refractivity contribution < 1.29 is 13.9 Å². The molecule has 2 N–H and O–H groups in total. The standard InChI is InChI=1S/C17H20N2O3/c1-11-9-19(10-12(2)21-11)17(20)16-8-7-15(22-16)13-5-3-4-6-14(13)18/h3-8,11-12H,9-10,18H2,1-2H3/t11-,12+. The highest BCUT2D eigenvalue weighted by Crippen LogP contribution is 2.28. The molecule has 0 bridgehead atoms. The molecule has 1 aromatic heterocycles. The Morgan fingerprint density at radius 3 is 2.50 bits per heavy atom. The van der Waals surface area contributed by atoms with E-state index in [1.807, 2.05) is 38.1 Å². The van der Waals surface area contributed by atoms with Crippen LogP contribution in [0.25, 0.3) is 11.3 Å². The summed E-state index contributed by atoms with van der Waals surface area (Å²) >= 11 is 0. The number of benzene rings is 1. The van der Waals surface area contributed by atoms with Crippen molar-refractivity contribution in [1.29, 1.82) is 0 Å². The predicted molar refractivity (Wildman–Crippen MR) is 84.5 cm³/mol. The minimum absolute atomic E-state index is 0.0342. The van der Waals surface area contributed by atoms with E-state index in [9.17, 15) is 4.79 Å². The molecule has 1 aliphatic heterocycles. The van der Waals surface area contributed by atoms with E-state index in [1.165, 1.54) is 0 Å². The third-order valence-electron chi connectivity index (χ3n) is 3.75. The Labute approximate surface area is 129 Å². The van der Waals surface area contributed by atoms with Crippen LogP contribution in [0.4, 0.5) is 5.69 Å². The van der Waals surface area contributed by atoms with Crippen LogP contribution in [-0.4, -0.2) is 36.1 Å². The summed E-state index contributed by atoms with van der Waals surface area (Å²) < 4.78 is 11.4. The van der Waals surface area contributed by atoms with Gasteiger partial charge >= 0.3 is 0 Å². The summed E-state index contributed by atoms with van der Waals surface area (Å²) in [6.07, 6.45) is 0.0683. The average molecular weight is 300 g/mol. The summed E-state index contributed by atoms with van der Waals surface area (Å²) in [5, 5.41) is 0. The highest BCUT2D eigenvalue weighted by Gasteiger charge is 2.28. The summed E-state index contributed by atoms with van der Waals surface area (Å²) in [6, 6.07) is 10.9. The molecule has 116 valence electrons. The molecule has 2 atom stereocenters. The van der Waals surface area contributed by atoms with Gasteiger partial charge in [0, 0.05) is 24.3 Å². The molecule has 0 aliphatic carbocycles. The van der Waals surface area contributed by atoms with Crippen molar-refractivity contribution in [2.24, 2.45) is 0 Å². The third-order valence-corrected chi connectivity index (χ3v) is 3.75. The zero-order valence-electron chi connectivity index (χ0n) is 12.8. The number of nitrogens with two attached hydrogens (primary N) is 1. The van der Waals surface area contributed by atoms with Gasteiger partial charge in [0.2, 0.25) is 0 Å². The van der Waals surface area contributed by atoms with Crippen molar-refractivity contribution in [3.63, 3.8) is 0 Å². The van der Waals surface area contributed by atoms with E-state index >= 15 is 0 Å². The number of rotatable bonds is 2. The van der Waals surface area contributed by atoms with Crippen LogP contribution in [0.1, 0.15) is 24.4 Å². The number of nitrogen functional groups attached to an aromatic ring is 1. The fourth-order valence-corrected chi connectivity index (χ4v) is 2.82. The summed E-state index contributed by atoms with van der Waals surface area (Å²) in [5.41, 5.74) is 7.37. The van der Waals surface area contributed by atoms with E-state index in [2.05, 4.69) is 0 Å². The van der Waals surface area contributed by atoms with E-state index in [-0.39, 0.29) is 18.1 Å². The SMILES string of the molecule is C[C@@H]1CN(C(=O)c2ccc(-c3ccccc3N)o2)C[C@H](C)O1. The maximum atomic E-state index is 12.6. The molecule has 5 heteroatoms. The maximum absolute atomic E-state index is 12.6. The molecular weight excluding hydrogens is 280 g/mol. The first-order valence-electron chi connectivity index (χ1n) is 7.44. The van der Waals surface area contributed by atoms with Gasteiger partial charge in [0.1, 0.15) is 5.76 Å². The molecule has 2 aromatic rings. The van der Waals surface area contributed by atoms with Crippen molar-refractivity contribution >= 4 is 11.6 Å². The average Bonchev–Trinajstić information content (AvgIpc) is 2.95. The first-order valence-corrected chi connectivity index (χ1v) is 7.44. The van der Waals surface area contributed by atoms with Crippen LogP contribution >= 0.6 is 0 Å². The number of carbonyl (C=O) groups excluding carboxylic acids is 1. The molecule has 1 saturated heterocycles. The lowest BCUT2D eigenvalue weighted by Gasteiger charge is -2.34. The zero-order valence-corrected chi connectivity index (χ0v) is 12.8. The molecule has 1 fully saturated rings. The van der Waals surface area contributed by atoms with E-state index in [0.717, 1.165) is 5.56 Å². The van der Waals surface area contributed by atoms with Gasteiger partial charge in [-0.05, 0) is 38.1 Å². The fraction of sp³-hybridized carbons (Fsp3) is 0.353. The van der Waals surface area contributed by atoms with Crippen molar-refractivity contribution in [3.05, 3.63) is 42.2 Å². The Morgan fingerprint density at radius 2 is 1.82 bits per heavy atom. The van der Waals surface area contributed by atoms with E-state index in [4.69, 9.17) is 14.9 Å². The first-order chi connectivity index (χ1) is 10.5. The zero-order chi connectivity index (χ0) is 15.7. The van der Waals surface area contributed by atoms with Crippen LogP contribution in [0, 0.1) is 0 Å². The predicted octanol–water partition coefficient (Wildman–Crippen LogP) is 2.78. The molecule has 0 radical (unpaired) electrons. The lowest BCUT2D eigenvalue weighted by molar-refractivity contribution is -0.0592. The number of amides is 1. The molecule has 22 heavy (non-hydrogen) atoms. The van der Waals surface area contributed by atoms with Crippen LogP contribution < -0.4 is 5.73 Å². The highest BCUT2D eigenvalue weighted by molar-refractivity contribution is 5.92. The molecule has 0 saturated carbocycles. The smallest absolute Gasteiger partial charge is 0.289 e. The van der Waals surface area contributed by atoms with Crippen molar-refractivity contribution in [1.82, 2.24) is 4.90 Å². The Bertz CT molecular complexity index is 670. The number of morpholine rings is 1. The summed E-state index contributed by atoms with van der Waals surface area (Å²) in [6.45, 7) is 5.09. The molecule has 5 nitrogen and oxygen atoms in total. The topological polar surface area (TPSA) is 68.7 Å². The second-order valence-corrected chi connectivity index (χ2v) is 5.72. The van der Waals surface area contributed by atoms with Gasteiger partial charge in [-0.15, -0.1) is 0 Å². The van der Waals surface area contributed by atoms with Gasteiger partial charge in [0.05, 0.1) is 12.2 Å². The van der Waals surface area contributed by atoms with Crippen molar-refractivity contribution in [2.45, 2.75) is 26.1 Å². The summed E-state index contributed by atoms with van der Waals surface area (Å²) in [5.74, 6) is 0.832. The van der Waals surface area contributed by atoms with Crippen LogP contribution in [0.2, 0.25) is 0 Å². The first kappa shape index (κ1) is 14.7. The Hall–Kier alpha value is -2.27. The third kappa shape index (κ3) is 2.85. The number of hydrogen-bond acceptors (Lipinski definition) is 4. The van der Waals surface area contributed by atoms with E-state index in [1.54, 1.807) is 17.0 Å². The van der Waals surface area contributed by atoms with Gasteiger partial charge in [0.15, 0.2) is 5.76 Å². The number of carbonyl (C=O) groups is 1. The molecule has 0 unspecified atom stereocenters. The van der Waals surface area contributed by atoms with Gasteiger partial charge in [-0.3, -0.25) is 4.79 Å². The number of nitrogens with zero attached hydrogens (tertiary/aromatic N) is 1. The van der Waals surface area contributed by atoms with Gasteiger partial charge < -0.3 is 19.8 Å². The second-order valence-electron chi connectivity index (χ2n) is 5.72. The number of ether oxygens (including phenoxy) is 1. The van der Waals surface area contributed by atoms with Crippen LogP contribution in [0.5, 0.6) is 0 Å². The number of para-hydroxylation sites is 1. The molecule has 1 amide bonds.